The van der Waals surface area contributed by atoms with E-state index in [-0.39, 0.29) is 18.6 Å². The molecular formula is C16H15F2N5O2. The van der Waals surface area contributed by atoms with Crippen LogP contribution in [-0.4, -0.2) is 31.2 Å². The lowest BCUT2D eigenvalue weighted by Gasteiger charge is -2.12. The molecule has 0 aliphatic carbocycles. The van der Waals surface area contributed by atoms with Crippen LogP contribution in [0, 0.1) is 11.9 Å². The van der Waals surface area contributed by atoms with E-state index in [0.717, 1.165) is 18.9 Å². The first kappa shape index (κ1) is 15.7. The second-order valence-electron chi connectivity index (χ2n) is 5.77. The van der Waals surface area contributed by atoms with Gasteiger partial charge in [-0.15, -0.1) is 0 Å². The molecule has 2 N–H and O–H groups in total. The number of imidazole rings is 1. The monoisotopic (exact) mass is 347 g/mol. The van der Waals surface area contributed by atoms with E-state index in [0.29, 0.717) is 23.3 Å². The van der Waals surface area contributed by atoms with Crippen molar-refractivity contribution in [3.63, 3.8) is 0 Å². The molecule has 9 heteroatoms. The number of rotatable bonds is 4. The minimum atomic E-state index is -0.878. The molecule has 1 aliphatic rings. The quantitative estimate of drug-likeness (QED) is 0.706. The highest BCUT2D eigenvalue weighted by atomic mass is 19.1. The number of nitrogens with one attached hydrogen (secondary N) is 1. The number of anilines is 1. The second-order valence-corrected chi connectivity index (χ2v) is 5.77. The Morgan fingerprint density at radius 1 is 1.32 bits per heavy atom. The molecule has 7 nitrogen and oxygen atoms in total. The third-order valence-corrected chi connectivity index (χ3v) is 4.08. The van der Waals surface area contributed by atoms with Gasteiger partial charge < -0.3 is 15.2 Å². The van der Waals surface area contributed by atoms with Gasteiger partial charge in [0.05, 0.1) is 6.33 Å². The molecule has 0 saturated carbocycles. The highest BCUT2D eigenvalue weighted by molar-refractivity contribution is 5.82. The molecule has 0 spiro atoms. The van der Waals surface area contributed by atoms with Crippen LogP contribution in [0.2, 0.25) is 0 Å². The fourth-order valence-corrected chi connectivity index (χ4v) is 2.86. The first-order chi connectivity index (χ1) is 12.1. The number of aromatic hydroxyl groups is 1. The topological polar surface area (TPSA) is 85.1 Å². The average Bonchev–Trinajstić information content (AvgIpc) is 3.24. The number of ether oxygens (including phenoxy) is 1. The maximum atomic E-state index is 13.9. The Balaban J connectivity index is 1.63. The van der Waals surface area contributed by atoms with Crippen LogP contribution in [0.5, 0.6) is 5.75 Å². The summed E-state index contributed by atoms with van der Waals surface area (Å²) in [5.41, 5.74) is 1.39. The van der Waals surface area contributed by atoms with Crippen LogP contribution < -0.4 is 5.32 Å². The summed E-state index contributed by atoms with van der Waals surface area (Å²) in [6, 6.07) is 3.97. The van der Waals surface area contributed by atoms with E-state index < -0.39 is 17.6 Å². The first-order valence-corrected chi connectivity index (χ1v) is 7.85. The Labute approximate surface area is 141 Å². The van der Waals surface area contributed by atoms with Crippen LogP contribution in [0.1, 0.15) is 24.6 Å². The molecule has 0 amide bonds. The third kappa shape index (κ3) is 2.98. The van der Waals surface area contributed by atoms with Crippen molar-refractivity contribution >= 4 is 17.0 Å². The van der Waals surface area contributed by atoms with Gasteiger partial charge >= 0.3 is 6.08 Å². The molecule has 1 unspecified atom stereocenters. The predicted molar refractivity (Wildman–Crippen MR) is 84.9 cm³/mol. The minimum Gasteiger partial charge on any atom is -0.505 e. The number of hydrogen-bond acceptors (Lipinski definition) is 6. The van der Waals surface area contributed by atoms with Crippen LogP contribution in [0.4, 0.5) is 14.6 Å². The number of phenols is 1. The zero-order valence-electron chi connectivity index (χ0n) is 13.1. The zero-order chi connectivity index (χ0) is 17.4. The zero-order valence-corrected chi connectivity index (χ0v) is 13.1. The van der Waals surface area contributed by atoms with Crippen molar-refractivity contribution in [3.8, 4) is 5.75 Å². The Hall–Kier alpha value is -2.81. The van der Waals surface area contributed by atoms with Gasteiger partial charge in [0.25, 0.3) is 0 Å². The van der Waals surface area contributed by atoms with Crippen molar-refractivity contribution in [3.05, 3.63) is 42.0 Å². The Bertz CT molecular complexity index is 924. The maximum Gasteiger partial charge on any atom is 0.312 e. The summed E-state index contributed by atoms with van der Waals surface area (Å²) in [5, 5.41) is 12.4. The predicted octanol–water partition coefficient (Wildman–Crippen LogP) is 2.73. The molecule has 1 aromatic carbocycles. The summed E-state index contributed by atoms with van der Waals surface area (Å²) >= 11 is 0. The maximum absolute atomic E-state index is 13.9. The standard InChI is InChI=1S/C16H15F2N5O2/c17-10-4-3-9(6-11(10)24)7-19-14-13-15(22-16(18)21-14)23(8-20-13)12-2-1-5-25-12/h3-4,6,8,12,24H,1-2,5,7H2,(H,19,21,22). The van der Waals surface area contributed by atoms with Crippen molar-refractivity contribution in [2.75, 3.05) is 11.9 Å². The smallest absolute Gasteiger partial charge is 0.312 e. The van der Waals surface area contributed by atoms with Gasteiger partial charge in [0.1, 0.15) is 6.23 Å². The number of fused-ring (bicyclic) bond motifs is 1. The summed E-state index contributed by atoms with van der Waals surface area (Å²) in [7, 11) is 0. The molecule has 0 radical (unpaired) electrons. The number of phenolic OH excluding ortho intramolecular Hbond substituents is 1. The number of hydrogen-bond donors (Lipinski definition) is 2. The Kier molecular flexibility index (Phi) is 3.92. The largest absolute Gasteiger partial charge is 0.505 e. The van der Waals surface area contributed by atoms with Gasteiger partial charge in [0.15, 0.2) is 28.5 Å². The van der Waals surface area contributed by atoms with E-state index in [9.17, 15) is 13.9 Å². The second kappa shape index (κ2) is 6.25. The minimum absolute atomic E-state index is 0.207. The fraction of sp³-hybridized carbons (Fsp3) is 0.312. The first-order valence-electron chi connectivity index (χ1n) is 7.85. The summed E-state index contributed by atoms with van der Waals surface area (Å²) in [4.78, 5) is 11.9. The molecule has 1 atom stereocenters. The van der Waals surface area contributed by atoms with Gasteiger partial charge in [0, 0.05) is 13.2 Å². The molecule has 25 heavy (non-hydrogen) atoms. The fourth-order valence-electron chi connectivity index (χ4n) is 2.86. The van der Waals surface area contributed by atoms with Crippen molar-refractivity contribution in [2.45, 2.75) is 25.6 Å². The van der Waals surface area contributed by atoms with Crippen LogP contribution in [0.15, 0.2) is 24.5 Å². The lowest BCUT2D eigenvalue weighted by Crippen LogP contribution is -2.09. The van der Waals surface area contributed by atoms with Crippen molar-refractivity contribution in [1.29, 1.82) is 0 Å². The van der Waals surface area contributed by atoms with Crippen LogP contribution in [0.3, 0.4) is 0 Å². The van der Waals surface area contributed by atoms with Gasteiger partial charge in [-0.1, -0.05) is 6.07 Å². The van der Waals surface area contributed by atoms with E-state index in [1.54, 1.807) is 10.9 Å². The molecule has 3 heterocycles. The average molecular weight is 347 g/mol. The molecule has 1 fully saturated rings. The SMILES string of the molecule is Oc1cc(CNc2nc(F)nc3c2ncn3C2CCCO2)ccc1F. The Morgan fingerprint density at radius 3 is 2.96 bits per heavy atom. The number of aromatic nitrogens is 4. The van der Waals surface area contributed by atoms with Gasteiger partial charge in [-0.3, -0.25) is 4.57 Å². The molecular weight excluding hydrogens is 332 g/mol. The normalized spacial score (nSPS) is 17.3. The van der Waals surface area contributed by atoms with Gasteiger partial charge in [-0.25, -0.2) is 9.37 Å². The summed E-state index contributed by atoms with van der Waals surface area (Å²) in [6.45, 7) is 0.864. The number of benzene rings is 1. The molecule has 4 rings (SSSR count). The molecule has 130 valence electrons. The van der Waals surface area contributed by atoms with Gasteiger partial charge in [-0.05, 0) is 30.5 Å². The van der Waals surface area contributed by atoms with Crippen molar-refractivity contribution in [2.24, 2.45) is 0 Å². The van der Waals surface area contributed by atoms with Crippen LogP contribution >= 0.6 is 0 Å². The number of nitrogens with zero attached hydrogens (tertiary/aromatic N) is 4. The van der Waals surface area contributed by atoms with E-state index in [2.05, 4.69) is 20.3 Å². The van der Waals surface area contributed by atoms with Gasteiger partial charge in [0.2, 0.25) is 0 Å². The molecule has 0 bridgehead atoms. The van der Waals surface area contributed by atoms with E-state index in [1.807, 2.05) is 0 Å². The van der Waals surface area contributed by atoms with E-state index >= 15 is 0 Å². The summed E-state index contributed by atoms with van der Waals surface area (Å²) in [5.74, 6) is -0.918. The highest BCUT2D eigenvalue weighted by Crippen LogP contribution is 2.28. The highest BCUT2D eigenvalue weighted by Gasteiger charge is 2.22. The summed E-state index contributed by atoms with van der Waals surface area (Å²) in [6.07, 6.45) is 2.22. The molecule has 3 aromatic rings. The van der Waals surface area contributed by atoms with E-state index in [4.69, 9.17) is 4.74 Å². The number of halogens is 2. The van der Waals surface area contributed by atoms with Crippen molar-refractivity contribution < 1.29 is 18.6 Å². The van der Waals surface area contributed by atoms with E-state index in [1.165, 1.54) is 12.1 Å². The summed E-state index contributed by atoms with van der Waals surface area (Å²) < 4.78 is 34.3. The van der Waals surface area contributed by atoms with Gasteiger partial charge in [-0.2, -0.15) is 14.4 Å². The van der Waals surface area contributed by atoms with Crippen molar-refractivity contribution in [1.82, 2.24) is 19.5 Å². The molecule has 1 saturated heterocycles. The lowest BCUT2D eigenvalue weighted by molar-refractivity contribution is 0.0592. The lowest BCUT2D eigenvalue weighted by atomic mass is 10.2. The van der Waals surface area contributed by atoms with Crippen LogP contribution in [0.25, 0.3) is 11.2 Å². The third-order valence-electron chi connectivity index (χ3n) is 4.08. The van der Waals surface area contributed by atoms with Crippen LogP contribution in [-0.2, 0) is 11.3 Å². The molecule has 1 aliphatic heterocycles. The Morgan fingerprint density at radius 2 is 2.20 bits per heavy atom. The molecule has 2 aromatic heterocycles.